The maximum atomic E-state index is 6.33. The standard InChI is InChI=1S/C13H23N/c1-13(2)9-11(13)12(14)10-7-5-3-4-6-8-10/h7,11-12H,3-6,8-9,14H2,1-2H3. The quantitative estimate of drug-likeness (QED) is 0.669. The van der Waals surface area contributed by atoms with Gasteiger partial charge in [0.1, 0.15) is 0 Å². The largest absolute Gasteiger partial charge is 0.324 e. The Bertz CT molecular complexity index is 240. The van der Waals surface area contributed by atoms with Crippen LogP contribution in [0.2, 0.25) is 0 Å². The molecule has 14 heavy (non-hydrogen) atoms. The summed E-state index contributed by atoms with van der Waals surface area (Å²) in [7, 11) is 0. The van der Waals surface area contributed by atoms with Crippen molar-refractivity contribution in [2.45, 2.75) is 58.4 Å². The fourth-order valence-electron chi connectivity index (χ4n) is 2.72. The molecule has 1 heteroatoms. The van der Waals surface area contributed by atoms with Gasteiger partial charge in [-0.3, -0.25) is 0 Å². The first-order valence-electron chi connectivity index (χ1n) is 6.06. The van der Waals surface area contributed by atoms with E-state index in [0.717, 1.165) is 5.92 Å². The minimum absolute atomic E-state index is 0.364. The zero-order chi connectivity index (χ0) is 10.2. The third kappa shape index (κ3) is 2.03. The van der Waals surface area contributed by atoms with Gasteiger partial charge in [0.15, 0.2) is 0 Å². The van der Waals surface area contributed by atoms with Gasteiger partial charge in [-0.15, -0.1) is 0 Å². The SMILES string of the molecule is CC1(C)CC1C(N)C1=CCCCCC1. The van der Waals surface area contributed by atoms with Crippen molar-refractivity contribution in [2.24, 2.45) is 17.1 Å². The molecule has 2 N–H and O–H groups in total. The molecule has 0 aromatic carbocycles. The van der Waals surface area contributed by atoms with Crippen molar-refractivity contribution >= 4 is 0 Å². The Kier molecular flexibility index (Phi) is 2.70. The maximum Gasteiger partial charge on any atom is 0.0287 e. The second kappa shape index (κ2) is 3.69. The van der Waals surface area contributed by atoms with Crippen LogP contribution in [0.5, 0.6) is 0 Å². The predicted octanol–water partition coefficient (Wildman–Crippen LogP) is 3.25. The van der Waals surface area contributed by atoms with E-state index in [4.69, 9.17) is 5.73 Å². The van der Waals surface area contributed by atoms with E-state index in [9.17, 15) is 0 Å². The summed E-state index contributed by atoms with van der Waals surface area (Å²) in [5.74, 6) is 0.756. The zero-order valence-corrected chi connectivity index (χ0v) is 9.55. The fraction of sp³-hybridized carbons (Fsp3) is 0.846. The lowest BCUT2D eigenvalue weighted by Crippen LogP contribution is -2.27. The Labute approximate surface area is 87.8 Å². The molecule has 1 saturated carbocycles. The minimum Gasteiger partial charge on any atom is -0.324 e. The van der Waals surface area contributed by atoms with Crippen LogP contribution in [0.15, 0.2) is 11.6 Å². The summed E-state index contributed by atoms with van der Waals surface area (Å²) < 4.78 is 0. The number of nitrogens with two attached hydrogens (primary N) is 1. The van der Waals surface area contributed by atoms with Gasteiger partial charge in [-0.2, -0.15) is 0 Å². The predicted molar refractivity (Wildman–Crippen MR) is 61.0 cm³/mol. The van der Waals surface area contributed by atoms with Crippen LogP contribution >= 0.6 is 0 Å². The molecule has 2 atom stereocenters. The van der Waals surface area contributed by atoms with Crippen molar-refractivity contribution in [2.75, 3.05) is 0 Å². The van der Waals surface area contributed by atoms with Gasteiger partial charge in [-0.1, -0.05) is 31.9 Å². The van der Waals surface area contributed by atoms with E-state index in [-0.39, 0.29) is 0 Å². The highest BCUT2D eigenvalue weighted by atomic mass is 14.7. The first-order valence-corrected chi connectivity index (χ1v) is 6.06. The fourth-order valence-corrected chi connectivity index (χ4v) is 2.72. The van der Waals surface area contributed by atoms with E-state index in [1.54, 1.807) is 5.57 Å². The van der Waals surface area contributed by atoms with E-state index in [0.29, 0.717) is 11.5 Å². The molecule has 0 spiro atoms. The van der Waals surface area contributed by atoms with Gasteiger partial charge in [0.05, 0.1) is 0 Å². The Morgan fingerprint density at radius 3 is 2.71 bits per heavy atom. The number of rotatable bonds is 2. The van der Waals surface area contributed by atoms with Crippen molar-refractivity contribution in [3.05, 3.63) is 11.6 Å². The van der Waals surface area contributed by atoms with E-state index < -0.39 is 0 Å². The summed E-state index contributed by atoms with van der Waals surface area (Å²) >= 11 is 0. The molecule has 1 nitrogen and oxygen atoms in total. The normalized spacial score (nSPS) is 33.1. The van der Waals surface area contributed by atoms with Gasteiger partial charge in [0, 0.05) is 6.04 Å². The van der Waals surface area contributed by atoms with E-state index in [2.05, 4.69) is 19.9 Å². The van der Waals surface area contributed by atoms with Crippen molar-refractivity contribution in [1.29, 1.82) is 0 Å². The molecule has 0 aliphatic heterocycles. The molecular formula is C13H23N. The highest BCUT2D eigenvalue weighted by molar-refractivity contribution is 5.18. The van der Waals surface area contributed by atoms with Crippen molar-refractivity contribution in [1.82, 2.24) is 0 Å². The number of hydrogen-bond donors (Lipinski definition) is 1. The molecule has 0 radical (unpaired) electrons. The Hall–Kier alpha value is -0.300. The number of allylic oxidation sites excluding steroid dienone is 1. The average Bonchev–Trinajstić information content (AvgIpc) is 2.83. The van der Waals surface area contributed by atoms with E-state index in [1.165, 1.54) is 38.5 Å². The first-order chi connectivity index (χ1) is 6.61. The average molecular weight is 193 g/mol. The molecule has 0 heterocycles. The first kappa shape index (κ1) is 10.2. The van der Waals surface area contributed by atoms with Gasteiger partial charge in [0.25, 0.3) is 0 Å². The van der Waals surface area contributed by atoms with Crippen LogP contribution in [-0.2, 0) is 0 Å². The van der Waals surface area contributed by atoms with Gasteiger partial charge in [-0.05, 0) is 43.4 Å². The highest BCUT2D eigenvalue weighted by Gasteiger charge is 2.49. The molecule has 2 aliphatic carbocycles. The Balaban J connectivity index is 1.97. The van der Waals surface area contributed by atoms with Gasteiger partial charge in [0.2, 0.25) is 0 Å². The molecule has 80 valence electrons. The van der Waals surface area contributed by atoms with Crippen LogP contribution in [0, 0.1) is 11.3 Å². The summed E-state index contributed by atoms with van der Waals surface area (Å²) in [4.78, 5) is 0. The molecule has 0 aromatic rings. The van der Waals surface area contributed by atoms with Crippen molar-refractivity contribution < 1.29 is 0 Å². The minimum atomic E-state index is 0.364. The van der Waals surface area contributed by atoms with Crippen LogP contribution in [0.4, 0.5) is 0 Å². The molecule has 0 aromatic heterocycles. The van der Waals surface area contributed by atoms with Crippen LogP contribution in [0.1, 0.15) is 52.4 Å². The summed E-state index contributed by atoms with van der Waals surface area (Å²) in [6.45, 7) is 4.68. The maximum absolute atomic E-state index is 6.33. The third-order valence-electron chi connectivity index (χ3n) is 4.03. The third-order valence-corrected chi connectivity index (χ3v) is 4.03. The molecule has 2 unspecified atom stereocenters. The van der Waals surface area contributed by atoms with Crippen LogP contribution in [0.3, 0.4) is 0 Å². The summed E-state index contributed by atoms with van der Waals surface area (Å²) in [5, 5.41) is 0. The zero-order valence-electron chi connectivity index (χ0n) is 9.55. The van der Waals surface area contributed by atoms with Crippen LogP contribution in [0.25, 0.3) is 0 Å². The van der Waals surface area contributed by atoms with Crippen molar-refractivity contribution in [3.63, 3.8) is 0 Å². The van der Waals surface area contributed by atoms with Gasteiger partial charge >= 0.3 is 0 Å². The lowest BCUT2D eigenvalue weighted by Gasteiger charge is -2.16. The lowest BCUT2D eigenvalue weighted by molar-refractivity contribution is 0.503. The second-order valence-corrected chi connectivity index (χ2v) is 5.70. The van der Waals surface area contributed by atoms with E-state index in [1.807, 2.05) is 0 Å². The summed E-state index contributed by atoms with van der Waals surface area (Å²) in [6, 6.07) is 0.364. The molecule has 0 bridgehead atoms. The van der Waals surface area contributed by atoms with Gasteiger partial charge in [-0.25, -0.2) is 0 Å². The monoisotopic (exact) mass is 193 g/mol. The van der Waals surface area contributed by atoms with E-state index >= 15 is 0 Å². The highest BCUT2D eigenvalue weighted by Crippen LogP contribution is 2.54. The Morgan fingerprint density at radius 2 is 2.07 bits per heavy atom. The Morgan fingerprint density at radius 1 is 1.36 bits per heavy atom. The van der Waals surface area contributed by atoms with Crippen LogP contribution in [-0.4, -0.2) is 6.04 Å². The molecular weight excluding hydrogens is 170 g/mol. The van der Waals surface area contributed by atoms with Gasteiger partial charge < -0.3 is 5.73 Å². The van der Waals surface area contributed by atoms with Crippen LogP contribution < -0.4 is 5.73 Å². The second-order valence-electron chi connectivity index (χ2n) is 5.70. The molecule has 0 amide bonds. The smallest absolute Gasteiger partial charge is 0.0287 e. The summed E-state index contributed by atoms with van der Waals surface area (Å²) in [6.07, 6.45) is 10.4. The van der Waals surface area contributed by atoms with Crippen molar-refractivity contribution in [3.8, 4) is 0 Å². The number of hydrogen-bond acceptors (Lipinski definition) is 1. The molecule has 2 aliphatic rings. The topological polar surface area (TPSA) is 26.0 Å². The molecule has 0 saturated heterocycles. The summed E-state index contributed by atoms with van der Waals surface area (Å²) in [5.41, 5.74) is 8.40. The lowest BCUT2D eigenvalue weighted by atomic mass is 9.95. The molecule has 1 fully saturated rings. The molecule has 2 rings (SSSR count).